The third-order valence-corrected chi connectivity index (χ3v) is 9.77. The second-order valence-corrected chi connectivity index (χ2v) is 12.1. The Kier molecular flexibility index (Phi) is 7.89. The Balaban J connectivity index is 1.42. The summed E-state index contributed by atoms with van der Waals surface area (Å²) >= 11 is 1.59. The fourth-order valence-electron chi connectivity index (χ4n) is 6.86. The SMILES string of the molecule is COCCCN1C(=O)[C@@H]2[C@H](C(=O)Nc3cccc(SC)c3)[C@@H]3C=C[C@@]2(O3)[C@@H]1C(=O)N[C@@H]1CCC[C@@H](C)[C@H]1C. The van der Waals surface area contributed by atoms with E-state index in [-0.39, 0.29) is 23.8 Å². The van der Waals surface area contributed by atoms with E-state index in [1.54, 1.807) is 23.8 Å². The summed E-state index contributed by atoms with van der Waals surface area (Å²) in [5.41, 5.74) is -0.467. The average molecular weight is 542 g/mol. The molecule has 9 heteroatoms. The molecule has 3 fully saturated rings. The number of hydrogen-bond acceptors (Lipinski definition) is 6. The number of nitrogens with zero attached hydrogens (tertiary/aromatic N) is 1. The Morgan fingerprint density at radius 3 is 2.82 bits per heavy atom. The topological polar surface area (TPSA) is 97.0 Å². The zero-order valence-corrected chi connectivity index (χ0v) is 23.5. The first kappa shape index (κ1) is 27.2. The smallest absolute Gasteiger partial charge is 0.246 e. The van der Waals surface area contributed by atoms with E-state index < -0.39 is 29.6 Å². The number of rotatable bonds is 9. The molecule has 1 aromatic rings. The number of fused-ring (bicyclic) bond motifs is 1. The first-order chi connectivity index (χ1) is 18.3. The van der Waals surface area contributed by atoms with Gasteiger partial charge in [0.05, 0.1) is 17.9 Å². The van der Waals surface area contributed by atoms with E-state index in [0.29, 0.717) is 37.1 Å². The number of carbonyl (C=O) groups is 3. The van der Waals surface area contributed by atoms with Gasteiger partial charge in [-0.15, -0.1) is 11.8 Å². The first-order valence-corrected chi connectivity index (χ1v) is 14.9. The van der Waals surface area contributed by atoms with Gasteiger partial charge in [-0.2, -0.15) is 0 Å². The number of benzene rings is 1. The highest BCUT2D eigenvalue weighted by Crippen LogP contribution is 2.55. The van der Waals surface area contributed by atoms with Crippen LogP contribution in [0.25, 0.3) is 0 Å². The molecule has 1 aromatic carbocycles. The van der Waals surface area contributed by atoms with Crippen LogP contribution in [0.3, 0.4) is 0 Å². The van der Waals surface area contributed by atoms with Gasteiger partial charge < -0.3 is 25.0 Å². The minimum atomic E-state index is -1.15. The molecule has 4 aliphatic rings. The first-order valence-electron chi connectivity index (χ1n) is 13.7. The van der Waals surface area contributed by atoms with Crippen LogP contribution in [0.2, 0.25) is 0 Å². The van der Waals surface area contributed by atoms with Gasteiger partial charge in [-0.25, -0.2) is 0 Å². The van der Waals surface area contributed by atoms with Crippen LogP contribution in [-0.2, 0) is 23.9 Å². The van der Waals surface area contributed by atoms with E-state index >= 15 is 0 Å². The van der Waals surface area contributed by atoms with E-state index in [1.165, 1.54) is 0 Å². The molecule has 3 heterocycles. The summed E-state index contributed by atoms with van der Waals surface area (Å²) in [4.78, 5) is 44.2. The Hall–Kier alpha value is -2.36. The molecule has 2 N–H and O–H groups in total. The Bertz CT molecular complexity index is 1110. The van der Waals surface area contributed by atoms with Crippen molar-refractivity contribution in [2.75, 3.05) is 31.8 Å². The van der Waals surface area contributed by atoms with Gasteiger partial charge in [-0.3, -0.25) is 14.4 Å². The van der Waals surface area contributed by atoms with E-state index in [4.69, 9.17) is 9.47 Å². The van der Waals surface area contributed by atoms with E-state index in [9.17, 15) is 14.4 Å². The molecule has 1 aliphatic carbocycles. The Morgan fingerprint density at radius 1 is 1.24 bits per heavy atom. The Labute approximate surface area is 229 Å². The highest BCUT2D eigenvalue weighted by Gasteiger charge is 2.72. The maximum atomic E-state index is 14.0. The van der Waals surface area contributed by atoms with Crippen LogP contribution in [-0.4, -0.2) is 72.9 Å². The molecule has 3 amide bonds. The molecule has 2 saturated heterocycles. The van der Waals surface area contributed by atoms with E-state index in [0.717, 1.165) is 24.2 Å². The third-order valence-electron chi connectivity index (χ3n) is 9.04. The molecule has 0 radical (unpaired) electrons. The van der Waals surface area contributed by atoms with Crippen LogP contribution in [0.1, 0.15) is 39.5 Å². The van der Waals surface area contributed by atoms with Crippen LogP contribution in [0.4, 0.5) is 5.69 Å². The monoisotopic (exact) mass is 541 g/mol. The van der Waals surface area contributed by atoms with Gasteiger partial charge >= 0.3 is 0 Å². The van der Waals surface area contributed by atoms with Crippen molar-refractivity contribution in [3.63, 3.8) is 0 Å². The molecular formula is C29H39N3O5S. The number of likely N-dealkylation sites (tertiary alicyclic amines) is 1. The van der Waals surface area contributed by atoms with Crippen molar-refractivity contribution in [3.8, 4) is 0 Å². The summed E-state index contributed by atoms with van der Waals surface area (Å²) in [7, 11) is 1.62. The van der Waals surface area contributed by atoms with Crippen LogP contribution >= 0.6 is 11.8 Å². The lowest BCUT2D eigenvalue weighted by Crippen LogP contribution is -2.58. The molecule has 38 heavy (non-hydrogen) atoms. The van der Waals surface area contributed by atoms with Crippen LogP contribution < -0.4 is 10.6 Å². The number of hydrogen-bond donors (Lipinski definition) is 2. The molecule has 0 aromatic heterocycles. The predicted molar refractivity (Wildman–Crippen MR) is 147 cm³/mol. The average Bonchev–Trinajstić information content (AvgIpc) is 3.54. The lowest BCUT2D eigenvalue weighted by Gasteiger charge is -2.38. The highest BCUT2D eigenvalue weighted by atomic mass is 32.2. The summed E-state index contributed by atoms with van der Waals surface area (Å²) in [6.07, 6.45) is 8.92. The number of methoxy groups -OCH3 is 1. The van der Waals surface area contributed by atoms with Crippen molar-refractivity contribution in [3.05, 3.63) is 36.4 Å². The maximum Gasteiger partial charge on any atom is 0.246 e. The van der Waals surface area contributed by atoms with E-state index in [2.05, 4.69) is 24.5 Å². The minimum Gasteiger partial charge on any atom is -0.385 e. The van der Waals surface area contributed by atoms with Crippen molar-refractivity contribution >= 4 is 35.2 Å². The normalized spacial score (nSPS) is 35.4. The summed E-state index contributed by atoms with van der Waals surface area (Å²) in [5, 5.41) is 6.29. The molecule has 206 valence electrons. The Morgan fingerprint density at radius 2 is 2.05 bits per heavy atom. The number of amides is 3. The largest absolute Gasteiger partial charge is 0.385 e. The number of anilines is 1. The lowest BCUT2D eigenvalue weighted by molar-refractivity contribution is -0.141. The number of thioether (sulfide) groups is 1. The van der Waals surface area contributed by atoms with Crippen molar-refractivity contribution in [1.82, 2.24) is 10.2 Å². The highest BCUT2D eigenvalue weighted by molar-refractivity contribution is 7.98. The summed E-state index contributed by atoms with van der Waals surface area (Å²) < 4.78 is 11.7. The van der Waals surface area contributed by atoms with Crippen molar-refractivity contribution < 1.29 is 23.9 Å². The van der Waals surface area contributed by atoms with Gasteiger partial charge in [0.2, 0.25) is 17.7 Å². The van der Waals surface area contributed by atoms with Gasteiger partial charge in [-0.1, -0.05) is 44.9 Å². The molecular weight excluding hydrogens is 502 g/mol. The van der Waals surface area contributed by atoms with Crippen LogP contribution in [0.15, 0.2) is 41.3 Å². The van der Waals surface area contributed by atoms with E-state index in [1.807, 2.05) is 42.7 Å². The molecule has 5 rings (SSSR count). The zero-order chi connectivity index (χ0) is 27.0. The van der Waals surface area contributed by atoms with Crippen molar-refractivity contribution in [2.45, 2.75) is 68.2 Å². The number of nitrogens with one attached hydrogen (secondary N) is 2. The van der Waals surface area contributed by atoms with Gasteiger partial charge in [0, 0.05) is 36.9 Å². The van der Waals surface area contributed by atoms with Gasteiger partial charge in [0.1, 0.15) is 11.6 Å². The molecule has 1 saturated carbocycles. The molecule has 1 spiro atoms. The number of carbonyl (C=O) groups excluding carboxylic acids is 3. The van der Waals surface area contributed by atoms with Gasteiger partial charge in [-0.05, 0) is 49.1 Å². The van der Waals surface area contributed by atoms with Crippen molar-refractivity contribution in [2.24, 2.45) is 23.7 Å². The second-order valence-electron chi connectivity index (χ2n) is 11.2. The minimum absolute atomic E-state index is 0.0583. The summed E-state index contributed by atoms with van der Waals surface area (Å²) in [6.45, 7) is 5.26. The van der Waals surface area contributed by atoms with Crippen LogP contribution in [0.5, 0.6) is 0 Å². The lowest BCUT2D eigenvalue weighted by atomic mass is 9.73. The predicted octanol–water partition coefficient (Wildman–Crippen LogP) is 3.48. The summed E-state index contributed by atoms with van der Waals surface area (Å²) in [5.74, 6) is -1.22. The van der Waals surface area contributed by atoms with Gasteiger partial charge in [0.15, 0.2) is 0 Å². The molecule has 0 unspecified atom stereocenters. The standard InChI is InChI=1S/C29H39N3O5S/c1-17-8-5-11-21(18(17)2)31-27(34)25-29-13-12-22(37-29)23(24(29)28(35)32(25)14-7-15-36-3)26(33)30-19-9-6-10-20(16-19)38-4/h6,9-10,12-13,16-18,21-25H,5,7-8,11,14-15H2,1-4H3,(H,30,33)(H,31,34)/t17-,18-,21-,22+,23-,24+,25+,29+/m1/s1. The fraction of sp³-hybridized carbons (Fsp3) is 0.621. The number of ether oxygens (including phenoxy) is 2. The third kappa shape index (κ3) is 4.67. The van der Waals surface area contributed by atoms with Crippen molar-refractivity contribution in [1.29, 1.82) is 0 Å². The molecule has 2 bridgehead atoms. The quantitative estimate of drug-likeness (QED) is 0.282. The molecule has 8 atom stereocenters. The summed E-state index contributed by atoms with van der Waals surface area (Å²) in [6, 6.07) is 6.87. The zero-order valence-electron chi connectivity index (χ0n) is 22.6. The molecule has 8 nitrogen and oxygen atoms in total. The van der Waals surface area contributed by atoms with Gasteiger partial charge in [0.25, 0.3) is 0 Å². The fourth-order valence-corrected chi connectivity index (χ4v) is 7.32. The second kappa shape index (κ2) is 11.0. The van der Waals surface area contributed by atoms with Crippen LogP contribution in [0, 0.1) is 23.7 Å². The maximum absolute atomic E-state index is 14.0. The molecule has 3 aliphatic heterocycles.